The summed E-state index contributed by atoms with van der Waals surface area (Å²) in [7, 11) is 0. The SMILES string of the molecule is N#Cc1ccccc1N1CCC2(CCNCC2)CC1. The van der Waals surface area contributed by atoms with Crippen LogP contribution in [0.5, 0.6) is 0 Å². The molecule has 0 aromatic heterocycles. The standard InChI is InChI=1S/C16H21N3/c17-13-14-3-1-2-4-15(14)19-11-7-16(8-12-19)5-9-18-10-6-16/h1-4,18H,5-12H2. The lowest BCUT2D eigenvalue weighted by molar-refractivity contribution is 0.155. The monoisotopic (exact) mass is 255 g/mol. The lowest BCUT2D eigenvalue weighted by Gasteiger charge is -2.45. The van der Waals surface area contributed by atoms with E-state index >= 15 is 0 Å². The molecule has 0 aliphatic carbocycles. The Bertz CT molecular complexity index is 473. The molecule has 0 radical (unpaired) electrons. The second-order valence-electron chi connectivity index (χ2n) is 5.87. The van der Waals surface area contributed by atoms with E-state index in [1.165, 1.54) is 38.8 Å². The molecule has 1 aromatic rings. The first kappa shape index (κ1) is 12.5. The summed E-state index contributed by atoms with van der Waals surface area (Å²) in [6.07, 6.45) is 5.18. The van der Waals surface area contributed by atoms with Crippen LogP contribution in [0.2, 0.25) is 0 Å². The third-order valence-electron chi connectivity index (χ3n) is 4.85. The maximum absolute atomic E-state index is 9.21. The van der Waals surface area contributed by atoms with Crippen LogP contribution >= 0.6 is 0 Å². The average Bonchev–Trinajstić information content (AvgIpc) is 2.49. The summed E-state index contributed by atoms with van der Waals surface area (Å²) in [6.45, 7) is 4.54. The smallest absolute Gasteiger partial charge is 0.101 e. The molecule has 0 saturated carbocycles. The van der Waals surface area contributed by atoms with Crippen LogP contribution in [0.4, 0.5) is 5.69 Å². The van der Waals surface area contributed by atoms with Crippen LogP contribution in [-0.4, -0.2) is 26.2 Å². The fourth-order valence-electron chi connectivity index (χ4n) is 3.52. The molecule has 3 heteroatoms. The molecular weight excluding hydrogens is 234 g/mol. The number of piperidine rings is 2. The molecule has 2 aliphatic heterocycles. The Labute approximate surface area is 115 Å². The number of hydrogen-bond donors (Lipinski definition) is 1. The minimum Gasteiger partial charge on any atom is -0.370 e. The largest absolute Gasteiger partial charge is 0.370 e. The molecular formula is C16H21N3. The van der Waals surface area contributed by atoms with Gasteiger partial charge < -0.3 is 10.2 Å². The van der Waals surface area contributed by atoms with Gasteiger partial charge in [0.2, 0.25) is 0 Å². The van der Waals surface area contributed by atoms with Crippen molar-refractivity contribution >= 4 is 5.69 Å². The zero-order valence-electron chi connectivity index (χ0n) is 11.4. The van der Waals surface area contributed by atoms with Crippen LogP contribution in [0.15, 0.2) is 24.3 Å². The van der Waals surface area contributed by atoms with E-state index in [2.05, 4.69) is 22.4 Å². The van der Waals surface area contributed by atoms with Gasteiger partial charge in [-0.2, -0.15) is 5.26 Å². The second kappa shape index (κ2) is 5.22. The van der Waals surface area contributed by atoms with E-state index in [0.29, 0.717) is 5.41 Å². The quantitative estimate of drug-likeness (QED) is 0.838. The van der Waals surface area contributed by atoms with Crippen LogP contribution in [0.1, 0.15) is 31.2 Å². The maximum Gasteiger partial charge on any atom is 0.101 e. The zero-order valence-corrected chi connectivity index (χ0v) is 11.4. The molecule has 0 unspecified atom stereocenters. The third kappa shape index (κ3) is 2.46. The summed E-state index contributed by atoms with van der Waals surface area (Å²) in [5.41, 5.74) is 2.50. The van der Waals surface area contributed by atoms with Crippen molar-refractivity contribution in [2.45, 2.75) is 25.7 Å². The molecule has 3 nitrogen and oxygen atoms in total. The Balaban J connectivity index is 1.71. The minimum absolute atomic E-state index is 0.573. The number of nitriles is 1. The van der Waals surface area contributed by atoms with E-state index in [1.54, 1.807) is 0 Å². The van der Waals surface area contributed by atoms with Gasteiger partial charge in [0.1, 0.15) is 6.07 Å². The molecule has 0 bridgehead atoms. The number of nitrogens with zero attached hydrogens (tertiary/aromatic N) is 2. The molecule has 1 N–H and O–H groups in total. The Morgan fingerprint density at radius 1 is 1.05 bits per heavy atom. The first-order chi connectivity index (χ1) is 9.33. The van der Waals surface area contributed by atoms with Crippen molar-refractivity contribution in [3.63, 3.8) is 0 Å². The lowest BCUT2D eigenvalue weighted by Crippen LogP contribution is -2.45. The summed E-state index contributed by atoms with van der Waals surface area (Å²) in [4.78, 5) is 2.39. The zero-order chi connectivity index (χ0) is 13.1. The molecule has 3 rings (SSSR count). The maximum atomic E-state index is 9.21. The van der Waals surface area contributed by atoms with Crippen LogP contribution in [-0.2, 0) is 0 Å². The van der Waals surface area contributed by atoms with E-state index in [4.69, 9.17) is 0 Å². The molecule has 0 amide bonds. The number of nitrogens with one attached hydrogen (secondary N) is 1. The van der Waals surface area contributed by atoms with Crippen molar-refractivity contribution in [1.82, 2.24) is 5.32 Å². The minimum atomic E-state index is 0.573. The Morgan fingerprint density at radius 2 is 1.74 bits per heavy atom. The van der Waals surface area contributed by atoms with Crippen molar-refractivity contribution < 1.29 is 0 Å². The van der Waals surface area contributed by atoms with Gasteiger partial charge >= 0.3 is 0 Å². The van der Waals surface area contributed by atoms with Gasteiger partial charge in [-0.25, -0.2) is 0 Å². The van der Waals surface area contributed by atoms with E-state index in [-0.39, 0.29) is 0 Å². The van der Waals surface area contributed by atoms with E-state index in [9.17, 15) is 5.26 Å². The highest BCUT2D eigenvalue weighted by Crippen LogP contribution is 2.40. The van der Waals surface area contributed by atoms with Crippen molar-refractivity contribution in [3.05, 3.63) is 29.8 Å². The van der Waals surface area contributed by atoms with Crippen LogP contribution in [0.3, 0.4) is 0 Å². The summed E-state index contributed by atoms with van der Waals surface area (Å²) < 4.78 is 0. The lowest BCUT2D eigenvalue weighted by atomic mass is 9.71. The van der Waals surface area contributed by atoms with E-state index in [1.807, 2.05) is 18.2 Å². The highest BCUT2D eigenvalue weighted by molar-refractivity contribution is 5.59. The molecule has 0 atom stereocenters. The average molecular weight is 255 g/mol. The van der Waals surface area contributed by atoms with Crippen molar-refractivity contribution in [3.8, 4) is 6.07 Å². The Morgan fingerprint density at radius 3 is 2.42 bits per heavy atom. The van der Waals surface area contributed by atoms with Crippen LogP contribution in [0.25, 0.3) is 0 Å². The third-order valence-corrected chi connectivity index (χ3v) is 4.85. The van der Waals surface area contributed by atoms with E-state index in [0.717, 1.165) is 24.3 Å². The summed E-state index contributed by atoms with van der Waals surface area (Å²) in [6, 6.07) is 10.3. The molecule has 2 aliphatic rings. The Hall–Kier alpha value is -1.53. The van der Waals surface area contributed by atoms with Crippen molar-refractivity contribution in [1.29, 1.82) is 5.26 Å². The summed E-state index contributed by atoms with van der Waals surface area (Å²) in [5, 5.41) is 12.7. The first-order valence-corrected chi connectivity index (χ1v) is 7.28. The summed E-state index contributed by atoms with van der Waals surface area (Å²) >= 11 is 0. The van der Waals surface area contributed by atoms with Gasteiger partial charge in [0.15, 0.2) is 0 Å². The number of hydrogen-bond acceptors (Lipinski definition) is 3. The molecule has 19 heavy (non-hydrogen) atoms. The predicted molar refractivity (Wildman–Crippen MR) is 77.1 cm³/mol. The first-order valence-electron chi connectivity index (χ1n) is 7.28. The number of para-hydroxylation sites is 1. The van der Waals surface area contributed by atoms with Gasteiger partial charge in [0.25, 0.3) is 0 Å². The number of rotatable bonds is 1. The van der Waals surface area contributed by atoms with Crippen molar-refractivity contribution in [2.24, 2.45) is 5.41 Å². The molecule has 100 valence electrons. The number of benzene rings is 1. The molecule has 2 heterocycles. The second-order valence-corrected chi connectivity index (χ2v) is 5.87. The topological polar surface area (TPSA) is 39.1 Å². The molecule has 2 saturated heterocycles. The van der Waals surface area contributed by atoms with Gasteiger partial charge in [-0.1, -0.05) is 12.1 Å². The van der Waals surface area contributed by atoms with Gasteiger partial charge in [-0.3, -0.25) is 0 Å². The van der Waals surface area contributed by atoms with Gasteiger partial charge in [0.05, 0.1) is 11.3 Å². The fraction of sp³-hybridized carbons (Fsp3) is 0.562. The normalized spacial score (nSPS) is 22.2. The van der Waals surface area contributed by atoms with Crippen LogP contribution < -0.4 is 10.2 Å². The highest BCUT2D eigenvalue weighted by Gasteiger charge is 2.35. The molecule has 1 spiro atoms. The van der Waals surface area contributed by atoms with Crippen LogP contribution in [0, 0.1) is 16.7 Å². The predicted octanol–water partition coefficient (Wildman–Crippen LogP) is 2.53. The molecule has 1 aromatic carbocycles. The van der Waals surface area contributed by atoms with Gasteiger partial charge in [0, 0.05) is 13.1 Å². The van der Waals surface area contributed by atoms with Crippen molar-refractivity contribution in [2.75, 3.05) is 31.1 Å². The fourth-order valence-corrected chi connectivity index (χ4v) is 3.52. The van der Waals surface area contributed by atoms with Gasteiger partial charge in [-0.05, 0) is 56.3 Å². The number of anilines is 1. The molecule has 2 fully saturated rings. The summed E-state index contributed by atoms with van der Waals surface area (Å²) in [5.74, 6) is 0. The Kier molecular flexibility index (Phi) is 3.44. The van der Waals surface area contributed by atoms with E-state index < -0.39 is 0 Å². The van der Waals surface area contributed by atoms with Gasteiger partial charge in [-0.15, -0.1) is 0 Å². The highest BCUT2D eigenvalue weighted by atomic mass is 15.1.